The molecule has 1 saturated carbocycles. The van der Waals surface area contributed by atoms with Gasteiger partial charge in [0.05, 0.1) is 5.25 Å². The Kier molecular flexibility index (Phi) is 4.02. The van der Waals surface area contributed by atoms with Crippen LogP contribution in [-0.4, -0.2) is 19.7 Å². The second-order valence-corrected chi connectivity index (χ2v) is 6.95. The third-order valence-electron chi connectivity index (χ3n) is 3.55. The van der Waals surface area contributed by atoms with Crippen LogP contribution in [0.4, 0.5) is 4.39 Å². The van der Waals surface area contributed by atoms with E-state index in [1.807, 2.05) is 0 Å². The first-order valence-corrected chi connectivity index (χ1v) is 7.82. The largest absolute Gasteiger partial charge is 0.327 e. The maximum atomic E-state index is 13.6. The Morgan fingerprint density at radius 2 is 1.78 bits per heavy atom. The summed E-state index contributed by atoms with van der Waals surface area (Å²) in [6.07, 6.45) is 4.00. The van der Waals surface area contributed by atoms with Gasteiger partial charge < -0.3 is 5.73 Å². The molecule has 0 bridgehead atoms. The van der Waals surface area contributed by atoms with E-state index in [4.69, 9.17) is 5.73 Å². The third-order valence-corrected chi connectivity index (χ3v) is 5.87. The lowest BCUT2D eigenvalue weighted by atomic mass is 10.1. The summed E-state index contributed by atoms with van der Waals surface area (Å²) in [6, 6.07) is 5.13. The van der Waals surface area contributed by atoms with Crippen LogP contribution in [-0.2, 0) is 9.84 Å². The smallest absolute Gasteiger partial charge is 0.185 e. The lowest BCUT2D eigenvalue weighted by molar-refractivity contribution is 0.521. The van der Waals surface area contributed by atoms with Crippen molar-refractivity contribution >= 4 is 9.84 Å². The van der Waals surface area contributed by atoms with Gasteiger partial charge in [0.2, 0.25) is 0 Å². The standard InChI is InChI=1S/C13H18FNO2S/c14-10-6-4-5-8-12(10)18(16,17)13-9-3-1-2-7-11(13)15/h4-6,8,11,13H,1-3,7,9,15H2. The minimum absolute atomic E-state index is 0.215. The molecule has 5 heteroatoms. The molecule has 2 unspecified atom stereocenters. The lowest BCUT2D eigenvalue weighted by Gasteiger charge is -2.21. The van der Waals surface area contributed by atoms with Gasteiger partial charge in [0.25, 0.3) is 0 Å². The Labute approximate surface area is 107 Å². The van der Waals surface area contributed by atoms with Gasteiger partial charge in [-0.2, -0.15) is 0 Å². The van der Waals surface area contributed by atoms with Crippen molar-refractivity contribution in [1.82, 2.24) is 0 Å². The van der Waals surface area contributed by atoms with Crippen molar-refractivity contribution in [2.24, 2.45) is 5.73 Å². The normalized spacial score (nSPS) is 25.7. The fourth-order valence-corrected chi connectivity index (χ4v) is 4.53. The number of hydrogen-bond acceptors (Lipinski definition) is 3. The molecule has 100 valence electrons. The molecule has 1 fully saturated rings. The second-order valence-electron chi connectivity index (χ2n) is 4.82. The average Bonchev–Trinajstić information content (AvgIpc) is 2.54. The highest BCUT2D eigenvalue weighted by Gasteiger charge is 2.34. The molecule has 0 amide bonds. The van der Waals surface area contributed by atoms with Crippen LogP contribution in [0.2, 0.25) is 0 Å². The summed E-state index contributed by atoms with van der Waals surface area (Å²) < 4.78 is 38.6. The van der Waals surface area contributed by atoms with Crippen molar-refractivity contribution in [1.29, 1.82) is 0 Å². The van der Waals surface area contributed by atoms with Crippen LogP contribution in [0.3, 0.4) is 0 Å². The molecule has 1 aliphatic carbocycles. The Morgan fingerprint density at radius 1 is 1.11 bits per heavy atom. The van der Waals surface area contributed by atoms with Gasteiger partial charge >= 0.3 is 0 Å². The number of benzene rings is 1. The van der Waals surface area contributed by atoms with Crippen molar-refractivity contribution in [3.8, 4) is 0 Å². The fourth-order valence-electron chi connectivity index (χ4n) is 2.53. The summed E-state index contributed by atoms with van der Waals surface area (Å²) in [6.45, 7) is 0. The van der Waals surface area contributed by atoms with Crippen LogP contribution in [0.15, 0.2) is 29.2 Å². The van der Waals surface area contributed by atoms with E-state index in [9.17, 15) is 12.8 Å². The van der Waals surface area contributed by atoms with E-state index in [0.29, 0.717) is 12.8 Å². The SMILES string of the molecule is NC1CCCCCC1S(=O)(=O)c1ccccc1F. The molecule has 1 aliphatic rings. The Morgan fingerprint density at radius 3 is 2.50 bits per heavy atom. The summed E-state index contributed by atoms with van der Waals surface area (Å²) in [7, 11) is -3.67. The quantitative estimate of drug-likeness (QED) is 0.839. The molecule has 0 saturated heterocycles. The van der Waals surface area contributed by atoms with Crippen molar-refractivity contribution in [3.05, 3.63) is 30.1 Å². The first kappa shape index (κ1) is 13.5. The third kappa shape index (κ3) is 2.57. The van der Waals surface area contributed by atoms with Gasteiger partial charge in [-0.15, -0.1) is 0 Å². The minimum Gasteiger partial charge on any atom is -0.327 e. The number of halogens is 1. The Bertz CT molecular complexity index is 515. The number of rotatable bonds is 2. The molecule has 0 aromatic heterocycles. The fraction of sp³-hybridized carbons (Fsp3) is 0.538. The molecule has 0 spiro atoms. The molecular weight excluding hydrogens is 253 g/mol. The van der Waals surface area contributed by atoms with Gasteiger partial charge in [-0.05, 0) is 25.0 Å². The lowest BCUT2D eigenvalue weighted by Crippen LogP contribution is -2.39. The van der Waals surface area contributed by atoms with E-state index >= 15 is 0 Å². The predicted octanol–water partition coefficient (Wildman–Crippen LogP) is 2.26. The molecule has 0 heterocycles. The molecule has 0 aliphatic heterocycles. The average molecular weight is 271 g/mol. The summed E-state index contributed by atoms with van der Waals surface area (Å²) in [4.78, 5) is -0.215. The predicted molar refractivity (Wildman–Crippen MR) is 68.4 cm³/mol. The Balaban J connectivity index is 2.38. The van der Waals surface area contributed by atoms with Crippen LogP contribution in [0.5, 0.6) is 0 Å². The van der Waals surface area contributed by atoms with E-state index in [-0.39, 0.29) is 4.90 Å². The van der Waals surface area contributed by atoms with Crippen molar-refractivity contribution < 1.29 is 12.8 Å². The first-order valence-electron chi connectivity index (χ1n) is 6.27. The number of hydrogen-bond donors (Lipinski definition) is 1. The van der Waals surface area contributed by atoms with Gasteiger partial charge in [0.1, 0.15) is 10.7 Å². The molecule has 2 N–H and O–H groups in total. The van der Waals surface area contributed by atoms with E-state index in [1.54, 1.807) is 0 Å². The van der Waals surface area contributed by atoms with Crippen molar-refractivity contribution in [2.45, 2.75) is 48.3 Å². The van der Waals surface area contributed by atoms with Crippen LogP contribution in [0, 0.1) is 5.82 Å². The van der Waals surface area contributed by atoms with Crippen molar-refractivity contribution in [3.63, 3.8) is 0 Å². The highest BCUT2D eigenvalue weighted by atomic mass is 32.2. The molecule has 0 radical (unpaired) electrons. The van der Waals surface area contributed by atoms with Gasteiger partial charge in [-0.25, -0.2) is 12.8 Å². The number of sulfone groups is 1. The van der Waals surface area contributed by atoms with E-state index < -0.39 is 26.9 Å². The molecule has 2 atom stereocenters. The van der Waals surface area contributed by atoms with Crippen LogP contribution < -0.4 is 5.73 Å². The molecule has 3 nitrogen and oxygen atoms in total. The first-order chi connectivity index (χ1) is 8.53. The molecule has 1 aromatic carbocycles. The summed E-state index contributed by atoms with van der Waals surface area (Å²) in [5, 5.41) is -0.656. The van der Waals surface area contributed by atoms with Gasteiger partial charge in [-0.1, -0.05) is 31.4 Å². The zero-order chi connectivity index (χ0) is 13.2. The molecule has 2 rings (SSSR count). The number of nitrogens with two attached hydrogens (primary N) is 1. The molecular formula is C13H18FNO2S. The summed E-state index contributed by atoms with van der Waals surface area (Å²) in [5.41, 5.74) is 5.95. The van der Waals surface area contributed by atoms with Gasteiger partial charge in [0.15, 0.2) is 9.84 Å². The van der Waals surface area contributed by atoms with E-state index in [1.165, 1.54) is 24.3 Å². The topological polar surface area (TPSA) is 60.2 Å². The van der Waals surface area contributed by atoms with Crippen molar-refractivity contribution in [2.75, 3.05) is 0 Å². The van der Waals surface area contributed by atoms with Crippen LogP contribution in [0.1, 0.15) is 32.1 Å². The highest BCUT2D eigenvalue weighted by molar-refractivity contribution is 7.92. The minimum atomic E-state index is -3.67. The summed E-state index contributed by atoms with van der Waals surface area (Å²) >= 11 is 0. The Hall–Kier alpha value is -0.940. The molecule has 1 aromatic rings. The van der Waals surface area contributed by atoms with Gasteiger partial charge in [-0.3, -0.25) is 0 Å². The highest BCUT2D eigenvalue weighted by Crippen LogP contribution is 2.28. The van der Waals surface area contributed by atoms with E-state index in [0.717, 1.165) is 19.3 Å². The summed E-state index contributed by atoms with van der Waals surface area (Å²) in [5.74, 6) is -0.686. The van der Waals surface area contributed by atoms with Gasteiger partial charge in [0, 0.05) is 6.04 Å². The van der Waals surface area contributed by atoms with Crippen LogP contribution >= 0.6 is 0 Å². The zero-order valence-electron chi connectivity index (χ0n) is 10.2. The maximum absolute atomic E-state index is 13.6. The van der Waals surface area contributed by atoms with E-state index in [2.05, 4.69) is 0 Å². The second kappa shape index (κ2) is 5.36. The maximum Gasteiger partial charge on any atom is 0.185 e. The van der Waals surface area contributed by atoms with Crippen LogP contribution in [0.25, 0.3) is 0 Å². The monoisotopic (exact) mass is 271 g/mol. The zero-order valence-corrected chi connectivity index (χ0v) is 11.0. The molecule has 18 heavy (non-hydrogen) atoms.